The highest BCUT2D eigenvalue weighted by molar-refractivity contribution is 6.03. The number of benzene rings is 1. The topological polar surface area (TPSA) is 72.9 Å². The van der Waals surface area contributed by atoms with E-state index in [1.165, 1.54) is 4.90 Å². The van der Waals surface area contributed by atoms with Crippen LogP contribution in [0.15, 0.2) is 30.3 Å². The molecule has 0 bridgehead atoms. The molecule has 1 saturated heterocycles. The van der Waals surface area contributed by atoms with E-state index in [1.54, 1.807) is 13.8 Å². The summed E-state index contributed by atoms with van der Waals surface area (Å²) in [6.07, 6.45) is -0.110. The number of carbonyl (C=O) groups is 3. The molecule has 1 unspecified atom stereocenters. The molecule has 1 aromatic rings. The molecule has 1 aromatic carbocycles. The van der Waals surface area contributed by atoms with Gasteiger partial charge in [0.25, 0.3) is 0 Å². The van der Waals surface area contributed by atoms with Crippen LogP contribution in [0.25, 0.3) is 0 Å². The first-order chi connectivity index (χ1) is 11.5. The number of ketones is 1. The summed E-state index contributed by atoms with van der Waals surface area (Å²) >= 11 is 0. The highest BCUT2D eigenvalue weighted by Crippen LogP contribution is 2.29. The predicted molar refractivity (Wildman–Crippen MR) is 87.2 cm³/mol. The fourth-order valence-corrected chi connectivity index (χ4v) is 2.62. The van der Waals surface area contributed by atoms with Crippen LogP contribution < -0.4 is 0 Å². The van der Waals surface area contributed by atoms with E-state index in [1.807, 2.05) is 30.3 Å². The SMILES string of the molecule is CCOC(=O)C1(C)CCN(C(=O)OCc2ccccc2)CCC1=O. The minimum Gasteiger partial charge on any atom is -0.465 e. The molecule has 0 saturated carbocycles. The predicted octanol–water partition coefficient (Wildman–Crippen LogP) is 2.56. The number of carbonyl (C=O) groups excluding carboxylic acids is 3. The number of esters is 1. The lowest BCUT2D eigenvalue weighted by Crippen LogP contribution is -2.38. The Bertz CT molecular complexity index is 601. The van der Waals surface area contributed by atoms with Crippen molar-refractivity contribution in [3.63, 3.8) is 0 Å². The fraction of sp³-hybridized carbons (Fsp3) is 0.500. The Kier molecular flexibility index (Phi) is 5.95. The van der Waals surface area contributed by atoms with E-state index in [-0.39, 0.29) is 44.9 Å². The largest absolute Gasteiger partial charge is 0.465 e. The minimum atomic E-state index is -1.19. The second-order valence-corrected chi connectivity index (χ2v) is 6.00. The van der Waals surface area contributed by atoms with Gasteiger partial charge in [0, 0.05) is 19.5 Å². The van der Waals surface area contributed by atoms with Crippen molar-refractivity contribution >= 4 is 17.8 Å². The summed E-state index contributed by atoms with van der Waals surface area (Å²) in [6.45, 7) is 4.24. The van der Waals surface area contributed by atoms with Gasteiger partial charge in [0.05, 0.1) is 6.61 Å². The lowest BCUT2D eigenvalue weighted by molar-refractivity contribution is -0.159. The van der Waals surface area contributed by atoms with Gasteiger partial charge in [0.2, 0.25) is 0 Å². The molecule has 6 nitrogen and oxygen atoms in total. The Morgan fingerprint density at radius 2 is 1.88 bits per heavy atom. The van der Waals surface area contributed by atoms with E-state index in [2.05, 4.69) is 0 Å². The van der Waals surface area contributed by atoms with E-state index in [9.17, 15) is 14.4 Å². The van der Waals surface area contributed by atoms with Gasteiger partial charge >= 0.3 is 12.1 Å². The van der Waals surface area contributed by atoms with Crippen molar-refractivity contribution in [3.05, 3.63) is 35.9 Å². The standard InChI is InChI=1S/C18H23NO5/c1-3-23-16(21)18(2)10-12-19(11-9-15(18)20)17(22)24-13-14-7-5-4-6-8-14/h4-8H,3,9-13H2,1-2H3. The molecule has 1 heterocycles. The van der Waals surface area contributed by atoms with Crippen molar-refractivity contribution in [1.29, 1.82) is 0 Å². The van der Waals surface area contributed by atoms with Crippen molar-refractivity contribution < 1.29 is 23.9 Å². The summed E-state index contributed by atoms with van der Waals surface area (Å²) in [5, 5.41) is 0. The van der Waals surface area contributed by atoms with Gasteiger partial charge < -0.3 is 14.4 Å². The number of likely N-dealkylation sites (tertiary alicyclic amines) is 1. The van der Waals surface area contributed by atoms with Crippen molar-refractivity contribution in [3.8, 4) is 0 Å². The van der Waals surface area contributed by atoms with Gasteiger partial charge in [-0.3, -0.25) is 9.59 Å². The lowest BCUT2D eigenvalue weighted by Gasteiger charge is -2.24. The van der Waals surface area contributed by atoms with Gasteiger partial charge in [-0.25, -0.2) is 4.79 Å². The Morgan fingerprint density at radius 1 is 1.17 bits per heavy atom. The second-order valence-electron chi connectivity index (χ2n) is 6.00. The minimum absolute atomic E-state index is 0.121. The number of amides is 1. The third-order valence-corrected chi connectivity index (χ3v) is 4.30. The summed E-state index contributed by atoms with van der Waals surface area (Å²) in [5.74, 6) is -0.714. The highest BCUT2D eigenvalue weighted by Gasteiger charge is 2.44. The smallest absolute Gasteiger partial charge is 0.410 e. The molecule has 1 atom stereocenters. The van der Waals surface area contributed by atoms with E-state index in [0.29, 0.717) is 0 Å². The normalized spacial score (nSPS) is 21.1. The van der Waals surface area contributed by atoms with E-state index in [0.717, 1.165) is 5.56 Å². The number of nitrogens with zero attached hydrogens (tertiary/aromatic N) is 1. The van der Waals surface area contributed by atoms with Gasteiger partial charge in [-0.1, -0.05) is 30.3 Å². The molecule has 130 valence electrons. The van der Waals surface area contributed by atoms with Crippen LogP contribution in [-0.4, -0.2) is 42.4 Å². The molecule has 6 heteroatoms. The number of hydrogen-bond acceptors (Lipinski definition) is 5. The van der Waals surface area contributed by atoms with Crippen LogP contribution >= 0.6 is 0 Å². The van der Waals surface area contributed by atoms with Gasteiger partial charge in [0.1, 0.15) is 12.0 Å². The maximum atomic E-state index is 12.3. The molecular formula is C18H23NO5. The molecule has 1 amide bonds. The van der Waals surface area contributed by atoms with Crippen molar-refractivity contribution in [2.24, 2.45) is 5.41 Å². The first kappa shape index (κ1) is 18.0. The van der Waals surface area contributed by atoms with Crippen molar-refractivity contribution in [2.75, 3.05) is 19.7 Å². The third-order valence-electron chi connectivity index (χ3n) is 4.30. The van der Waals surface area contributed by atoms with Crippen LogP contribution in [0.1, 0.15) is 32.3 Å². The zero-order valence-electron chi connectivity index (χ0n) is 14.1. The molecule has 0 spiro atoms. The summed E-state index contributed by atoms with van der Waals surface area (Å²) < 4.78 is 10.3. The molecule has 0 N–H and O–H groups in total. The van der Waals surface area contributed by atoms with E-state index < -0.39 is 17.5 Å². The maximum absolute atomic E-state index is 12.3. The summed E-state index contributed by atoms with van der Waals surface area (Å²) in [7, 11) is 0. The Labute approximate surface area is 141 Å². The van der Waals surface area contributed by atoms with Crippen LogP contribution in [0.5, 0.6) is 0 Å². The monoisotopic (exact) mass is 333 g/mol. The van der Waals surface area contributed by atoms with Crippen LogP contribution in [-0.2, 0) is 25.7 Å². The number of rotatable bonds is 4. The Balaban J connectivity index is 1.95. The van der Waals surface area contributed by atoms with Crippen LogP contribution in [0, 0.1) is 5.41 Å². The summed E-state index contributed by atoms with van der Waals surface area (Å²) in [6, 6.07) is 9.38. The Hall–Kier alpha value is -2.37. The fourth-order valence-electron chi connectivity index (χ4n) is 2.62. The first-order valence-electron chi connectivity index (χ1n) is 8.13. The van der Waals surface area contributed by atoms with Crippen LogP contribution in [0.3, 0.4) is 0 Å². The molecule has 2 rings (SSSR count). The molecular weight excluding hydrogens is 310 g/mol. The third kappa shape index (κ3) is 4.13. The molecule has 24 heavy (non-hydrogen) atoms. The van der Waals surface area contributed by atoms with E-state index >= 15 is 0 Å². The number of ether oxygens (including phenoxy) is 2. The van der Waals surface area contributed by atoms with Gasteiger partial charge in [-0.05, 0) is 25.8 Å². The Morgan fingerprint density at radius 3 is 2.54 bits per heavy atom. The van der Waals surface area contributed by atoms with Crippen LogP contribution in [0.2, 0.25) is 0 Å². The average Bonchev–Trinajstić information content (AvgIpc) is 2.74. The van der Waals surface area contributed by atoms with Gasteiger partial charge in [-0.15, -0.1) is 0 Å². The van der Waals surface area contributed by atoms with E-state index in [4.69, 9.17) is 9.47 Å². The summed E-state index contributed by atoms with van der Waals surface area (Å²) in [5.41, 5.74) is -0.294. The molecule has 1 aliphatic heterocycles. The zero-order chi connectivity index (χ0) is 17.6. The second kappa shape index (κ2) is 7.95. The average molecular weight is 333 g/mol. The lowest BCUT2D eigenvalue weighted by atomic mass is 9.82. The number of Topliss-reactive ketones (excluding diaryl/α,β-unsaturated/α-hetero) is 1. The molecule has 0 aliphatic carbocycles. The zero-order valence-corrected chi connectivity index (χ0v) is 14.1. The van der Waals surface area contributed by atoms with Gasteiger partial charge in [0.15, 0.2) is 5.78 Å². The quantitative estimate of drug-likeness (QED) is 0.625. The van der Waals surface area contributed by atoms with Crippen molar-refractivity contribution in [2.45, 2.75) is 33.3 Å². The van der Waals surface area contributed by atoms with Crippen LogP contribution in [0.4, 0.5) is 4.79 Å². The number of hydrogen-bond donors (Lipinski definition) is 0. The molecule has 1 aliphatic rings. The summed E-state index contributed by atoms with van der Waals surface area (Å²) in [4.78, 5) is 38.1. The highest BCUT2D eigenvalue weighted by atomic mass is 16.6. The maximum Gasteiger partial charge on any atom is 0.410 e. The molecule has 0 aromatic heterocycles. The van der Waals surface area contributed by atoms with Crippen molar-refractivity contribution in [1.82, 2.24) is 4.90 Å². The molecule has 1 fully saturated rings. The van der Waals surface area contributed by atoms with Gasteiger partial charge in [-0.2, -0.15) is 0 Å². The molecule has 0 radical (unpaired) electrons. The first-order valence-corrected chi connectivity index (χ1v) is 8.13.